The molecule has 0 saturated carbocycles. The Bertz CT molecular complexity index is 77.6. The van der Waals surface area contributed by atoms with Crippen LogP contribution in [0, 0.1) is 15.3 Å². The Hall–Kier alpha value is 0.930. The van der Waals surface area contributed by atoms with E-state index in [9.17, 15) is 0 Å². The van der Waals surface area contributed by atoms with Gasteiger partial charge in [0.1, 0.15) is 0 Å². The molecule has 0 saturated heterocycles. The van der Waals surface area contributed by atoms with Crippen molar-refractivity contribution in [2.75, 3.05) is 0 Å². The normalized spacial score (nSPS) is 4.90. The van der Waals surface area contributed by atoms with E-state index in [1.54, 1.807) is 0 Å². The minimum atomic E-state index is -1.75. The van der Waals surface area contributed by atoms with Crippen LogP contribution >= 0.6 is 0 Å². The number of carbonyl (C=O) groups excluding carboxylic acids is 1. The van der Waals surface area contributed by atoms with Gasteiger partial charge in [-0.1, -0.05) is 0 Å². The summed E-state index contributed by atoms with van der Waals surface area (Å²) in [5, 5.41) is 23.6. The van der Waals surface area contributed by atoms with E-state index >= 15 is 0 Å². The molecule has 8 heteroatoms. The summed E-state index contributed by atoms with van der Waals surface area (Å²) in [5.74, 6) is -1.08. The van der Waals surface area contributed by atoms with E-state index in [1.807, 2.05) is 0 Å². The smallest absolute Gasteiger partial charge is 0.550 e. The van der Waals surface area contributed by atoms with Gasteiger partial charge in [-0.3, -0.25) is 0 Å². The SMILES string of the molecule is CC(=O)[O-].O=[N+]([O-])[O-].[K+].[Rh+3]. The van der Waals surface area contributed by atoms with E-state index in [0.29, 0.717) is 0 Å². The Morgan fingerprint density at radius 3 is 1.40 bits per heavy atom. The van der Waals surface area contributed by atoms with Crippen molar-refractivity contribution in [3.8, 4) is 0 Å². The van der Waals surface area contributed by atoms with Crippen LogP contribution in [0.15, 0.2) is 0 Å². The maximum atomic E-state index is 8.89. The maximum Gasteiger partial charge on any atom is 3.00 e. The molecule has 0 aromatic heterocycles. The third-order valence-corrected chi connectivity index (χ3v) is 0. The van der Waals surface area contributed by atoms with Crippen LogP contribution in [0.5, 0.6) is 0 Å². The fourth-order valence-electron chi connectivity index (χ4n) is 0. The molecule has 0 bridgehead atoms. The van der Waals surface area contributed by atoms with Crippen LogP contribution in [-0.2, 0) is 24.3 Å². The van der Waals surface area contributed by atoms with Gasteiger partial charge in [-0.25, -0.2) is 0 Å². The second-order valence-corrected chi connectivity index (χ2v) is 0.715. The fraction of sp³-hybridized carbons (Fsp3) is 0.500. The van der Waals surface area contributed by atoms with Crippen molar-refractivity contribution in [2.24, 2.45) is 0 Å². The predicted octanol–water partition coefficient (Wildman–Crippen LogP) is -4.48. The van der Waals surface area contributed by atoms with Gasteiger partial charge in [-0.15, -0.1) is 0 Å². The van der Waals surface area contributed by atoms with Crippen LogP contribution < -0.4 is 56.5 Å². The molecular formula is C2H3KNO5Rh+2. The molecule has 0 aliphatic heterocycles. The molecular weight excluding hydrogens is 260 g/mol. The first kappa shape index (κ1) is 22.4. The van der Waals surface area contributed by atoms with Gasteiger partial charge in [-0.05, 0) is 6.92 Å². The first-order chi connectivity index (χ1) is 3.46. The van der Waals surface area contributed by atoms with Crippen LogP contribution in [0.25, 0.3) is 0 Å². The van der Waals surface area contributed by atoms with E-state index in [0.717, 1.165) is 6.92 Å². The van der Waals surface area contributed by atoms with Gasteiger partial charge in [0.2, 0.25) is 0 Å². The third kappa shape index (κ3) is 650. The zero-order chi connectivity index (χ0) is 7.15. The van der Waals surface area contributed by atoms with Gasteiger partial charge in [0.05, 0.1) is 5.09 Å². The molecule has 0 radical (unpaired) electrons. The van der Waals surface area contributed by atoms with Crippen molar-refractivity contribution < 1.29 is 85.9 Å². The summed E-state index contributed by atoms with van der Waals surface area (Å²) in [6.07, 6.45) is 0. The maximum absolute atomic E-state index is 8.89. The van der Waals surface area contributed by atoms with Gasteiger partial charge >= 0.3 is 70.9 Å². The molecule has 0 heterocycles. The van der Waals surface area contributed by atoms with Crippen molar-refractivity contribution in [3.63, 3.8) is 0 Å². The van der Waals surface area contributed by atoms with Gasteiger partial charge in [-0.2, -0.15) is 0 Å². The quantitative estimate of drug-likeness (QED) is 0.249. The summed E-state index contributed by atoms with van der Waals surface area (Å²) in [5.41, 5.74) is 0. The minimum Gasteiger partial charge on any atom is -0.550 e. The zero-order valence-electron chi connectivity index (χ0n) is 5.32. The van der Waals surface area contributed by atoms with Gasteiger partial charge in [0.25, 0.3) is 0 Å². The first-order valence-electron chi connectivity index (χ1n) is 1.46. The first-order valence-corrected chi connectivity index (χ1v) is 1.46. The Balaban J connectivity index is -0.0000000300. The van der Waals surface area contributed by atoms with E-state index in [-0.39, 0.29) is 70.9 Å². The summed E-state index contributed by atoms with van der Waals surface area (Å²) in [6.45, 7) is 0.972. The van der Waals surface area contributed by atoms with Crippen LogP contribution in [-0.4, -0.2) is 11.1 Å². The molecule has 54 valence electrons. The second kappa shape index (κ2) is 16.5. The summed E-state index contributed by atoms with van der Waals surface area (Å²) < 4.78 is 0. The van der Waals surface area contributed by atoms with Crippen molar-refractivity contribution in [1.82, 2.24) is 0 Å². The number of nitrogens with zero attached hydrogens (tertiary/aromatic N) is 1. The van der Waals surface area contributed by atoms with Gasteiger partial charge in [0, 0.05) is 5.97 Å². The summed E-state index contributed by atoms with van der Waals surface area (Å²) in [6, 6.07) is 0. The largest absolute Gasteiger partial charge is 3.00 e. The number of hydrogen-bond donors (Lipinski definition) is 0. The Labute approximate surface area is 112 Å². The Morgan fingerprint density at radius 1 is 1.40 bits per heavy atom. The van der Waals surface area contributed by atoms with Crippen molar-refractivity contribution in [1.29, 1.82) is 0 Å². The third-order valence-electron chi connectivity index (χ3n) is 0. The number of hydrogen-bond acceptors (Lipinski definition) is 5. The van der Waals surface area contributed by atoms with Crippen molar-refractivity contribution in [2.45, 2.75) is 6.92 Å². The molecule has 0 N–H and O–H groups in total. The van der Waals surface area contributed by atoms with E-state index in [4.69, 9.17) is 25.2 Å². The zero-order valence-corrected chi connectivity index (χ0v) is 10.1. The monoisotopic (exact) mass is 263 g/mol. The molecule has 0 atom stereocenters. The van der Waals surface area contributed by atoms with Gasteiger partial charge in [0.15, 0.2) is 0 Å². The molecule has 0 amide bonds. The Morgan fingerprint density at radius 2 is 1.40 bits per heavy atom. The minimum absolute atomic E-state index is 0. The van der Waals surface area contributed by atoms with Crippen molar-refractivity contribution >= 4 is 5.97 Å². The molecule has 6 nitrogen and oxygen atoms in total. The van der Waals surface area contributed by atoms with Crippen LogP contribution in [0.3, 0.4) is 0 Å². The number of rotatable bonds is 0. The molecule has 0 aliphatic carbocycles. The topological polar surface area (TPSA) is 106 Å². The van der Waals surface area contributed by atoms with E-state index in [1.165, 1.54) is 0 Å². The fourth-order valence-corrected chi connectivity index (χ4v) is 0. The molecule has 0 aromatic rings. The summed E-state index contributed by atoms with van der Waals surface area (Å²) >= 11 is 0. The number of aliphatic carboxylic acids is 1. The molecule has 0 aliphatic rings. The Kier molecular flexibility index (Phi) is 37.0. The number of carboxylic acids is 1. The van der Waals surface area contributed by atoms with Crippen molar-refractivity contribution in [3.05, 3.63) is 15.3 Å². The van der Waals surface area contributed by atoms with Gasteiger partial charge < -0.3 is 25.2 Å². The van der Waals surface area contributed by atoms with E-state index in [2.05, 4.69) is 0 Å². The second-order valence-electron chi connectivity index (χ2n) is 0.715. The number of carboxylic acid groups (broad SMARTS) is 1. The molecule has 0 spiro atoms. The number of carbonyl (C=O) groups is 1. The molecule has 0 unspecified atom stereocenters. The average molecular weight is 263 g/mol. The van der Waals surface area contributed by atoms with Crippen LogP contribution in [0.1, 0.15) is 6.92 Å². The summed E-state index contributed by atoms with van der Waals surface area (Å²) in [7, 11) is 0. The molecule has 0 fully saturated rings. The predicted molar refractivity (Wildman–Crippen MR) is 21.0 cm³/mol. The summed E-state index contributed by atoms with van der Waals surface area (Å²) in [4.78, 5) is 17.1. The molecule has 0 rings (SSSR count). The standard InChI is InChI=1S/C2H4O2.K.NO3.Rh/c1-2(3)4;;2-1(3)4;/h1H3,(H,3,4);;;/q;+1;-1;+3/p-1. The average Bonchev–Trinajstić information content (AvgIpc) is 1.25. The molecule has 10 heavy (non-hydrogen) atoms. The molecule has 0 aromatic carbocycles. The van der Waals surface area contributed by atoms with E-state index < -0.39 is 11.1 Å². The van der Waals surface area contributed by atoms with Crippen LogP contribution in [0.4, 0.5) is 0 Å². The van der Waals surface area contributed by atoms with Crippen LogP contribution in [0.2, 0.25) is 0 Å².